The van der Waals surface area contributed by atoms with Gasteiger partial charge >= 0.3 is 0 Å². The molecule has 0 aliphatic heterocycles. The van der Waals surface area contributed by atoms with E-state index < -0.39 is 0 Å². The van der Waals surface area contributed by atoms with Crippen LogP contribution in [0.2, 0.25) is 0 Å². The molecule has 0 bridgehead atoms. The normalized spacial score (nSPS) is 13.4. The summed E-state index contributed by atoms with van der Waals surface area (Å²) < 4.78 is 2.70. The van der Waals surface area contributed by atoms with E-state index in [2.05, 4.69) is 165 Å². The largest absolute Gasteiger partial charge is 0.135 e. The molecule has 0 saturated heterocycles. The fourth-order valence-corrected chi connectivity index (χ4v) is 10.0. The van der Waals surface area contributed by atoms with Gasteiger partial charge in [-0.05, 0) is 131 Å². The van der Waals surface area contributed by atoms with Crippen molar-refractivity contribution in [1.29, 1.82) is 0 Å². The van der Waals surface area contributed by atoms with Crippen molar-refractivity contribution in [2.24, 2.45) is 0 Å². The zero-order valence-electron chi connectivity index (χ0n) is 28.4. The molecule has 0 spiro atoms. The standard InChI is InChI=1S/C50H34S/c1-30-10-2-3-11-34(30)43-16-9-17-44-35(26-27-36(49(43)44)31-20-21-31)32-22-24-40-41-25-23-33(29-47(41)39-13-5-4-12-38(39)46(40)28-32)37-15-8-18-45-42-14-6-7-19-48(42)51-50(37)45/h2-19,22-29,31H,20-21H2,1H3. The van der Waals surface area contributed by atoms with E-state index in [1.165, 1.54) is 121 Å². The summed E-state index contributed by atoms with van der Waals surface area (Å²) in [5, 5.41) is 13.3. The van der Waals surface area contributed by atoms with E-state index in [4.69, 9.17) is 0 Å². The molecule has 0 nitrogen and oxygen atoms in total. The maximum atomic E-state index is 2.45. The second-order valence-corrected chi connectivity index (χ2v) is 15.4. The van der Waals surface area contributed by atoms with Gasteiger partial charge in [-0.25, -0.2) is 0 Å². The van der Waals surface area contributed by atoms with E-state index in [0.29, 0.717) is 5.92 Å². The highest BCUT2D eigenvalue weighted by molar-refractivity contribution is 7.26. The average Bonchev–Trinajstić information content (AvgIpc) is 3.96. The molecule has 0 radical (unpaired) electrons. The molecule has 51 heavy (non-hydrogen) atoms. The molecule has 10 aromatic rings. The van der Waals surface area contributed by atoms with Crippen LogP contribution < -0.4 is 0 Å². The molecule has 1 saturated carbocycles. The van der Waals surface area contributed by atoms with Crippen molar-refractivity contribution in [2.75, 3.05) is 0 Å². The number of benzene rings is 9. The summed E-state index contributed by atoms with van der Waals surface area (Å²) >= 11 is 1.90. The number of aryl methyl sites for hydroxylation is 1. The van der Waals surface area contributed by atoms with E-state index in [9.17, 15) is 0 Å². The Morgan fingerprint density at radius 1 is 0.412 bits per heavy atom. The lowest BCUT2D eigenvalue weighted by atomic mass is 9.86. The van der Waals surface area contributed by atoms with E-state index in [-0.39, 0.29) is 0 Å². The minimum absolute atomic E-state index is 0.661. The Bertz CT molecular complexity index is 3020. The summed E-state index contributed by atoms with van der Waals surface area (Å²) in [4.78, 5) is 0. The van der Waals surface area contributed by atoms with Crippen LogP contribution in [-0.4, -0.2) is 0 Å². The fourth-order valence-electron chi connectivity index (χ4n) is 8.79. The van der Waals surface area contributed by atoms with Crippen molar-refractivity contribution >= 4 is 74.6 Å². The van der Waals surface area contributed by atoms with Crippen LogP contribution in [0.3, 0.4) is 0 Å². The quantitative estimate of drug-likeness (QED) is 0.164. The predicted molar refractivity (Wildman–Crippen MR) is 222 cm³/mol. The van der Waals surface area contributed by atoms with Gasteiger partial charge < -0.3 is 0 Å². The molecule has 0 atom stereocenters. The molecule has 1 aromatic heterocycles. The molecular formula is C50H34S. The van der Waals surface area contributed by atoms with Crippen LogP contribution in [-0.2, 0) is 0 Å². The number of hydrogen-bond acceptors (Lipinski definition) is 1. The molecule has 0 N–H and O–H groups in total. The summed E-state index contributed by atoms with van der Waals surface area (Å²) in [6.45, 7) is 2.24. The Morgan fingerprint density at radius 3 is 1.71 bits per heavy atom. The minimum Gasteiger partial charge on any atom is -0.135 e. The first kappa shape index (κ1) is 29.0. The zero-order valence-corrected chi connectivity index (χ0v) is 29.2. The van der Waals surface area contributed by atoms with Crippen molar-refractivity contribution in [3.8, 4) is 33.4 Å². The van der Waals surface area contributed by atoms with Crippen LogP contribution in [0.5, 0.6) is 0 Å². The van der Waals surface area contributed by atoms with Gasteiger partial charge in [-0.1, -0.05) is 140 Å². The first-order valence-corrected chi connectivity index (χ1v) is 18.9. The van der Waals surface area contributed by atoms with Gasteiger partial charge in [0.15, 0.2) is 0 Å². The number of thiophene rings is 1. The van der Waals surface area contributed by atoms with Crippen molar-refractivity contribution in [3.05, 3.63) is 169 Å². The summed E-state index contributed by atoms with van der Waals surface area (Å²) in [5.41, 5.74) is 10.7. The van der Waals surface area contributed by atoms with E-state index >= 15 is 0 Å². The fraction of sp³-hybridized carbons (Fsp3) is 0.0800. The molecule has 0 amide bonds. The molecule has 1 aliphatic carbocycles. The molecule has 240 valence electrons. The SMILES string of the molecule is Cc1ccccc1-c1cccc2c(-c3ccc4c5ccc(-c6cccc7c6sc6ccccc67)cc5c5ccccc5c4c3)ccc(C3CC3)c12. The minimum atomic E-state index is 0.661. The highest BCUT2D eigenvalue weighted by Gasteiger charge is 2.27. The summed E-state index contributed by atoms with van der Waals surface area (Å²) in [6.07, 6.45) is 2.57. The molecule has 1 heteroatoms. The van der Waals surface area contributed by atoms with E-state index in [1.54, 1.807) is 0 Å². The highest BCUT2D eigenvalue weighted by atomic mass is 32.1. The summed E-state index contributed by atoms with van der Waals surface area (Å²) in [6, 6.07) is 59.5. The number of rotatable bonds is 4. The van der Waals surface area contributed by atoms with E-state index in [1.807, 2.05) is 11.3 Å². The van der Waals surface area contributed by atoms with Crippen molar-refractivity contribution in [3.63, 3.8) is 0 Å². The van der Waals surface area contributed by atoms with Gasteiger partial charge in [-0.2, -0.15) is 0 Å². The van der Waals surface area contributed by atoms with Gasteiger partial charge in [0.1, 0.15) is 0 Å². The Hall–Kier alpha value is -5.76. The second kappa shape index (κ2) is 11.1. The summed E-state index contributed by atoms with van der Waals surface area (Å²) in [5.74, 6) is 0.661. The van der Waals surface area contributed by atoms with Crippen LogP contribution in [0.4, 0.5) is 0 Å². The average molecular weight is 667 g/mol. The second-order valence-electron chi connectivity index (χ2n) is 14.4. The lowest BCUT2D eigenvalue weighted by Gasteiger charge is -2.18. The third-order valence-electron chi connectivity index (χ3n) is 11.4. The van der Waals surface area contributed by atoms with Crippen molar-refractivity contribution in [2.45, 2.75) is 25.7 Å². The predicted octanol–water partition coefficient (Wildman–Crippen LogP) is 14.9. The molecule has 0 unspecified atom stereocenters. The molecular weight excluding hydrogens is 633 g/mol. The van der Waals surface area contributed by atoms with Crippen LogP contribution in [0, 0.1) is 6.92 Å². The topological polar surface area (TPSA) is 0 Å². The third-order valence-corrected chi connectivity index (χ3v) is 12.6. The van der Waals surface area contributed by atoms with Gasteiger partial charge in [0, 0.05) is 20.2 Å². The van der Waals surface area contributed by atoms with Crippen molar-refractivity contribution in [1.82, 2.24) is 0 Å². The number of hydrogen-bond donors (Lipinski definition) is 0. The van der Waals surface area contributed by atoms with E-state index in [0.717, 1.165) is 0 Å². The van der Waals surface area contributed by atoms with Crippen LogP contribution >= 0.6 is 11.3 Å². The maximum absolute atomic E-state index is 2.45. The molecule has 1 heterocycles. The number of fused-ring (bicyclic) bond motifs is 10. The van der Waals surface area contributed by atoms with Crippen LogP contribution in [0.1, 0.15) is 29.9 Å². The third kappa shape index (κ3) is 4.45. The monoisotopic (exact) mass is 666 g/mol. The zero-order chi connectivity index (χ0) is 33.6. The smallest absolute Gasteiger partial charge is 0.0433 e. The maximum Gasteiger partial charge on any atom is 0.0433 e. The van der Waals surface area contributed by atoms with Crippen molar-refractivity contribution < 1.29 is 0 Å². The Labute approximate surface area is 301 Å². The molecule has 1 fully saturated rings. The summed E-state index contributed by atoms with van der Waals surface area (Å²) in [7, 11) is 0. The Kier molecular flexibility index (Phi) is 6.33. The van der Waals surface area contributed by atoms with Gasteiger partial charge in [0.05, 0.1) is 0 Å². The Balaban J connectivity index is 1.13. The first-order valence-electron chi connectivity index (χ1n) is 18.1. The van der Waals surface area contributed by atoms with Gasteiger partial charge in [-0.3, -0.25) is 0 Å². The van der Waals surface area contributed by atoms with Crippen LogP contribution in [0.15, 0.2) is 158 Å². The first-order chi connectivity index (χ1) is 25.2. The molecule has 1 aliphatic rings. The van der Waals surface area contributed by atoms with Gasteiger partial charge in [-0.15, -0.1) is 11.3 Å². The highest BCUT2D eigenvalue weighted by Crippen LogP contribution is 2.49. The lowest BCUT2D eigenvalue weighted by Crippen LogP contribution is -1.93. The van der Waals surface area contributed by atoms with Gasteiger partial charge in [0.25, 0.3) is 0 Å². The molecule has 9 aromatic carbocycles. The Morgan fingerprint density at radius 2 is 0.980 bits per heavy atom. The lowest BCUT2D eigenvalue weighted by molar-refractivity contribution is 1.15. The van der Waals surface area contributed by atoms with Crippen LogP contribution in [0.25, 0.3) is 96.6 Å². The molecule has 11 rings (SSSR count). The van der Waals surface area contributed by atoms with Gasteiger partial charge in [0.2, 0.25) is 0 Å².